The predicted molar refractivity (Wildman–Crippen MR) is 92.3 cm³/mol. The number of benzene rings is 1. The van der Waals surface area contributed by atoms with Gasteiger partial charge in [-0.15, -0.1) is 0 Å². The number of anilines is 1. The smallest absolute Gasteiger partial charge is 0.177 e. The average molecular weight is 360 g/mol. The van der Waals surface area contributed by atoms with E-state index >= 15 is 0 Å². The Morgan fingerprint density at radius 1 is 0.957 bits per heavy atom. The van der Waals surface area contributed by atoms with Gasteiger partial charge >= 0.3 is 0 Å². The summed E-state index contributed by atoms with van der Waals surface area (Å²) >= 11 is 0. The average Bonchev–Trinajstić information content (AvgIpc) is 2.62. The lowest BCUT2D eigenvalue weighted by Gasteiger charge is -2.20. The van der Waals surface area contributed by atoms with E-state index in [1.165, 1.54) is 18.6 Å². The summed E-state index contributed by atoms with van der Waals surface area (Å²) in [6.07, 6.45) is 7.62. The van der Waals surface area contributed by atoms with E-state index in [1.54, 1.807) is 6.07 Å². The van der Waals surface area contributed by atoms with Gasteiger partial charge < -0.3 is 5.32 Å². The van der Waals surface area contributed by atoms with E-state index in [0.717, 1.165) is 38.2 Å². The maximum Gasteiger partial charge on any atom is 0.177 e. The lowest BCUT2D eigenvalue weighted by Crippen LogP contribution is -2.20. The molecule has 0 aromatic heterocycles. The van der Waals surface area contributed by atoms with Crippen molar-refractivity contribution in [1.82, 2.24) is 0 Å². The van der Waals surface area contributed by atoms with Crippen molar-refractivity contribution in [3.63, 3.8) is 0 Å². The van der Waals surface area contributed by atoms with Crippen LogP contribution in [0.2, 0.25) is 0 Å². The SMILES string of the molecule is CC1CCCC(Nc2ccc(S(C)(=O)=O)cc2S(C)(=O)=O)CC1. The second-order valence-electron chi connectivity index (χ2n) is 6.66. The fourth-order valence-corrected chi connectivity index (χ4v) is 4.60. The number of nitrogens with one attached hydrogen (secondary N) is 1. The molecule has 0 aliphatic heterocycles. The maximum absolute atomic E-state index is 12.1. The van der Waals surface area contributed by atoms with Crippen LogP contribution in [0.15, 0.2) is 28.0 Å². The fraction of sp³-hybridized carbons (Fsp3) is 0.625. The van der Waals surface area contributed by atoms with Gasteiger partial charge in [0.05, 0.1) is 15.5 Å². The molecule has 1 aliphatic carbocycles. The minimum Gasteiger partial charge on any atom is -0.381 e. The molecule has 7 heteroatoms. The number of rotatable bonds is 4. The molecule has 0 saturated heterocycles. The lowest BCUT2D eigenvalue weighted by molar-refractivity contribution is 0.502. The summed E-state index contributed by atoms with van der Waals surface area (Å²) < 4.78 is 47.5. The normalized spacial score (nSPS) is 23.3. The van der Waals surface area contributed by atoms with E-state index < -0.39 is 19.7 Å². The molecular formula is C16H25NO4S2. The van der Waals surface area contributed by atoms with Crippen molar-refractivity contribution in [2.45, 2.75) is 54.9 Å². The van der Waals surface area contributed by atoms with Gasteiger partial charge in [0.25, 0.3) is 0 Å². The van der Waals surface area contributed by atoms with Crippen molar-refractivity contribution in [1.29, 1.82) is 0 Å². The monoisotopic (exact) mass is 359 g/mol. The third kappa shape index (κ3) is 4.94. The summed E-state index contributed by atoms with van der Waals surface area (Å²) in [5, 5.41) is 3.32. The third-order valence-corrected chi connectivity index (χ3v) is 6.64. The first-order chi connectivity index (χ1) is 10.6. The summed E-state index contributed by atoms with van der Waals surface area (Å²) in [5.74, 6) is 0.698. The molecule has 2 rings (SSSR count). The van der Waals surface area contributed by atoms with Crippen LogP contribution in [0.3, 0.4) is 0 Å². The van der Waals surface area contributed by atoms with Crippen molar-refractivity contribution in [3.05, 3.63) is 18.2 Å². The van der Waals surface area contributed by atoms with Crippen LogP contribution in [0, 0.1) is 5.92 Å². The zero-order valence-electron chi connectivity index (χ0n) is 13.9. The molecule has 0 bridgehead atoms. The van der Waals surface area contributed by atoms with Gasteiger partial charge in [0.15, 0.2) is 19.7 Å². The van der Waals surface area contributed by atoms with Gasteiger partial charge in [0, 0.05) is 18.6 Å². The molecule has 1 aromatic rings. The number of hydrogen-bond donors (Lipinski definition) is 1. The second-order valence-corrected chi connectivity index (χ2v) is 10.7. The van der Waals surface area contributed by atoms with Crippen LogP contribution in [-0.4, -0.2) is 35.4 Å². The largest absolute Gasteiger partial charge is 0.381 e. The molecule has 2 atom stereocenters. The Morgan fingerprint density at radius 3 is 2.26 bits per heavy atom. The van der Waals surface area contributed by atoms with Crippen LogP contribution >= 0.6 is 0 Å². The van der Waals surface area contributed by atoms with Crippen LogP contribution in [-0.2, 0) is 19.7 Å². The van der Waals surface area contributed by atoms with E-state index in [-0.39, 0.29) is 15.8 Å². The standard InChI is InChI=1S/C16H25NO4S2/c1-12-5-4-6-13(8-7-12)17-15-10-9-14(22(2,18)19)11-16(15)23(3,20)21/h9-13,17H,4-8H2,1-3H3. The van der Waals surface area contributed by atoms with Crippen LogP contribution in [0.25, 0.3) is 0 Å². The first-order valence-corrected chi connectivity index (χ1v) is 11.7. The Balaban J connectivity index is 2.34. The molecule has 1 saturated carbocycles. The van der Waals surface area contributed by atoms with Crippen molar-refractivity contribution in [3.8, 4) is 0 Å². The molecule has 2 unspecified atom stereocenters. The maximum atomic E-state index is 12.1. The highest BCUT2D eigenvalue weighted by Crippen LogP contribution is 2.29. The van der Waals surface area contributed by atoms with Crippen molar-refractivity contribution >= 4 is 25.4 Å². The van der Waals surface area contributed by atoms with Crippen molar-refractivity contribution in [2.75, 3.05) is 17.8 Å². The summed E-state index contributed by atoms with van der Waals surface area (Å²) in [5.41, 5.74) is 0.499. The predicted octanol–water partition coefficient (Wildman–Crippen LogP) is 2.87. The fourth-order valence-electron chi connectivity index (χ4n) is 3.01. The van der Waals surface area contributed by atoms with Gasteiger partial charge in [-0.3, -0.25) is 0 Å². The molecule has 23 heavy (non-hydrogen) atoms. The lowest BCUT2D eigenvalue weighted by atomic mass is 10.0. The van der Waals surface area contributed by atoms with Crippen LogP contribution in [0.5, 0.6) is 0 Å². The highest BCUT2D eigenvalue weighted by molar-refractivity contribution is 7.91. The molecule has 1 N–H and O–H groups in total. The molecular weight excluding hydrogens is 334 g/mol. The van der Waals surface area contributed by atoms with E-state index in [9.17, 15) is 16.8 Å². The van der Waals surface area contributed by atoms with Crippen LogP contribution in [0.4, 0.5) is 5.69 Å². The van der Waals surface area contributed by atoms with Crippen LogP contribution in [0.1, 0.15) is 39.0 Å². The summed E-state index contributed by atoms with van der Waals surface area (Å²) in [7, 11) is -6.95. The van der Waals surface area contributed by atoms with Crippen molar-refractivity contribution < 1.29 is 16.8 Å². The highest BCUT2D eigenvalue weighted by Gasteiger charge is 2.21. The molecule has 0 spiro atoms. The Morgan fingerprint density at radius 2 is 1.65 bits per heavy atom. The van der Waals surface area contributed by atoms with E-state index in [0.29, 0.717) is 11.6 Å². The molecule has 130 valence electrons. The minimum atomic E-state index is -3.51. The first kappa shape index (κ1) is 18.3. The van der Waals surface area contributed by atoms with E-state index in [4.69, 9.17) is 0 Å². The minimum absolute atomic E-state index is 0.0259. The van der Waals surface area contributed by atoms with E-state index in [2.05, 4.69) is 12.2 Å². The molecule has 1 fully saturated rings. The Bertz CT molecular complexity index is 769. The second kappa shape index (κ2) is 6.81. The van der Waals surface area contributed by atoms with Gasteiger partial charge in [-0.1, -0.05) is 19.8 Å². The summed E-state index contributed by atoms with van der Waals surface area (Å²) in [6, 6.07) is 4.52. The van der Waals surface area contributed by atoms with Gasteiger partial charge in [0.2, 0.25) is 0 Å². The Kier molecular flexibility index (Phi) is 5.41. The van der Waals surface area contributed by atoms with Gasteiger partial charge in [-0.25, -0.2) is 16.8 Å². The molecule has 5 nitrogen and oxygen atoms in total. The molecule has 0 heterocycles. The quantitative estimate of drug-likeness (QED) is 0.836. The van der Waals surface area contributed by atoms with Crippen molar-refractivity contribution in [2.24, 2.45) is 5.92 Å². The zero-order valence-corrected chi connectivity index (χ0v) is 15.5. The molecule has 1 aromatic carbocycles. The Hall–Kier alpha value is -1.08. The topological polar surface area (TPSA) is 80.3 Å². The van der Waals surface area contributed by atoms with Gasteiger partial charge in [-0.2, -0.15) is 0 Å². The molecule has 1 aliphatic rings. The number of hydrogen-bond acceptors (Lipinski definition) is 5. The zero-order chi connectivity index (χ0) is 17.3. The number of sulfone groups is 2. The summed E-state index contributed by atoms with van der Waals surface area (Å²) in [6.45, 7) is 2.24. The summed E-state index contributed by atoms with van der Waals surface area (Å²) in [4.78, 5) is 0.0793. The third-order valence-electron chi connectivity index (χ3n) is 4.40. The molecule has 0 amide bonds. The van der Waals surface area contributed by atoms with Gasteiger partial charge in [0.1, 0.15) is 0 Å². The Labute approximate surface area is 139 Å². The molecule has 0 radical (unpaired) electrons. The first-order valence-electron chi connectivity index (χ1n) is 7.88. The van der Waals surface area contributed by atoms with Gasteiger partial charge in [-0.05, 0) is 43.4 Å². The van der Waals surface area contributed by atoms with E-state index in [1.807, 2.05) is 0 Å². The van der Waals surface area contributed by atoms with Crippen LogP contribution < -0.4 is 5.32 Å². The highest BCUT2D eigenvalue weighted by atomic mass is 32.2.